The van der Waals surface area contributed by atoms with Crippen molar-refractivity contribution in [2.24, 2.45) is 0 Å². The maximum Gasteiger partial charge on any atom is 0.263 e. The minimum Gasteiger partial charge on any atom is -0.342 e. The molecule has 0 aliphatic carbocycles. The summed E-state index contributed by atoms with van der Waals surface area (Å²) in [6.07, 6.45) is 1.42. The third kappa shape index (κ3) is 2.63. The average molecular weight is 278 g/mol. The van der Waals surface area contributed by atoms with E-state index in [1.807, 2.05) is 13.8 Å². The largest absolute Gasteiger partial charge is 0.342 e. The van der Waals surface area contributed by atoms with Gasteiger partial charge in [0.15, 0.2) is 5.65 Å². The summed E-state index contributed by atoms with van der Waals surface area (Å²) in [7, 11) is 1.71. The van der Waals surface area contributed by atoms with Gasteiger partial charge < -0.3 is 9.80 Å². The lowest BCUT2D eigenvalue weighted by Gasteiger charge is -2.23. The fourth-order valence-corrected chi connectivity index (χ4v) is 1.97. The van der Waals surface area contributed by atoms with Gasteiger partial charge in [0, 0.05) is 20.1 Å². The fourth-order valence-electron chi connectivity index (χ4n) is 1.97. The van der Waals surface area contributed by atoms with Gasteiger partial charge in [-0.05, 0) is 13.8 Å². The second-order valence-corrected chi connectivity index (χ2v) is 4.44. The van der Waals surface area contributed by atoms with Crippen molar-refractivity contribution >= 4 is 22.9 Å². The zero-order valence-corrected chi connectivity index (χ0v) is 11.8. The Hall–Kier alpha value is -2.38. The molecule has 20 heavy (non-hydrogen) atoms. The summed E-state index contributed by atoms with van der Waals surface area (Å²) in [4.78, 5) is 34.1. The van der Waals surface area contributed by atoms with Crippen LogP contribution in [0.15, 0.2) is 11.0 Å². The molecule has 2 aromatic rings. The Morgan fingerprint density at radius 1 is 1.35 bits per heavy atom. The molecule has 0 radical (unpaired) electrons. The van der Waals surface area contributed by atoms with Crippen molar-refractivity contribution < 1.29 is 4.79 Å². The molecule has 0 spiro atoms. The first-order chi connectivity index (χ1) is 9.56. The monoisotopic (exact) mass is 278 g/mol. The van der Waals surface area contributed by atoms with Gasteiger partial charge in [0.05, 0.1) is 12.7 Å². The SMILES string of the molecule is CCN(CC)C(=O)CN(C)c1nc2[nH]ncc2c(=O)[nH]1. The maximum atomic E-state index is 12.0. The van der Waals surface area contributed by atoms with Crippen LogP contribution in [0.5, 0.6) is 0 Å². The van der Waals surface area contributed by atoms with Crippen molar-refractivity contribution in [3.05, 3.63) is 16.6 Å². The Labute approximate surface area is 115 Å². The number of amides is 1. The van der Waals surface area contributed by atoms with Crippen molar-refractivity contribution in [3.8, 4) is 0 Å². The lowest BCUT2D eigenvalue weighted by molar-refractivity contribution is -0.129. The molecule has 2 aromatic heterocycles. The lowest BCUT2D eigenvalue weighted by Crippen LogP contribution is -2.39. The number of nitrogens with zero attached hydrogens (tertiary/aromatic N) is 4. The number of carbonyl (C=O) groups is 1. The maximum absolute atomic E-state index is 12.0. The third-order valence-electron chi connectivity index (χ3n) is 3.16. The predicted molar refractivity (Wildman–Crippen MR) is 75.7 cm³/mol. The Balaban J connectivity index is 2.21. The number of carbonyl (C=O) groups excluding carboxylic acids is 1. The lowest BCUT2D eigenvalue weighted by atomic mass is 10.4. The van der Waals surface area contributed by atoms with E-state index in [9.17, 15) is 9.59 Å². The highest BCUT2D eigenvalue weighted by Crippen LogP contribution is 2.07. The highest BCUT2D eigenvalue weighted by molar-refractivity contribution is 5.81. The summed E-state index contributed by atoms with van der Waals surface area (Å²) >= 11 is 0. The average Bonchev–Trinajstić information content (AvgIpc) is 2.88. The Kier molecular flexibility index (Phi) is 4.02. The molecule has 2 heterocycles. The summed E-state index contributed by atoms with van der Waals surface area (Å²) in [5.74, 6) is 0.331. The van der Waals surface area contributed by atoms with Crippen molar-refractivity contribution in [2.45, 2.75) is 13.8 Å². The molecule has 0 aliphatic rings. The highest BCUT2D eigenvalue weighted by Gasteiger charge is 2.15. The topological polar surface area (TPSA) is 98.0 Å². The first kappa shape index (κ1) is 14.0. The minimum absolute atomic E-state index is 0.00939. The molecule has 0 saturated heterocycles. The van der Waals surface area contributed by atoms with E-state index >= 15 is 0 Å². The summed E-state index contributed by atoms with van der Waals surface area (Å²) in [5.41, 5.74) is 0.131. The van der Waals surface area contributed by atoms with Crippen molar-refractivity contribution in [1.82, 2.24) is 25.1 Å². The summed E-state index contributed by atoms with van der Waals surface area (Å²) in [6, 6.07) is 0. The van der Waals surface area contributed by atoms with Crippen LogP contribution in [0.25, 0.3) is 11.0 Å². The number of likely N-dealkylation sites (N-methyl/N-ethyl adjacent to an activating group) is 2. The number of H-pyrrole nitrogens is 2. The van der Waals surface area contributed by atoms with Crippen LogP contribution in [0.4, 0.5) is 5.95 Å². The second kappa shape index (κ2) is 5.72. The van der Waals surface area contributed by atoms with E-state index in [4.69, 9.17) is 0 Å². The van der Waals surface area contributed by atoms with Gasteiger partial charge in [-0.3, -0.25) is 19.7 Å². The fraction of sp³-hybridized carbons (Fsp3) is 0.500. The van der Waals surface area contributed by atoms with E-state index in [-0.39, 0.29) is 18.0 Å². The summed E-state index contributed by atoms with van der Waals surface area (Å²) in [5, 5.41) is 6.83. The Morgan fingerprint density at radius 3 is 2.70 bits per heavy atom. The van der Waals surface area contributed by atoms with Crippen LogP contribution in [0.3, 0.4) is 0 Å². The number of hydrogen-bond donors (Lipinski definition) is 2. The minimum atomic E-state index is -0.277. The zero-order valence-electron chi connectivity index (χ0n) is 11.8. The van der Waals surface area contributed by atoms with Crippen molar-refractivity contribution in [2.75, 3.05) is 31.6 Å². The van der Waals surface area contributed by atoms with Gasteiger partial charge in [0.2, 0.25) is 11.9 Å². The number of anilines is 1. The van der Waals surface area contributed by atoms with Gasteiger partial charge in [-0.15, -0.1) is 0 Å². The van der Waals surface area contributed by atoms with E-state index in [2.05, 4.69) is 20.2 Å². The van der Waals surface area contributed by atoms with E-state index < -0.39 is 0 Å². The number of nitrogens with one attached hydrogen (secondary N) is 2. The van der Waals surface area contributed by atoms with Gasteiger partial charge in [-0.2, -0.15) is 10.1 Å². The predicted octanol–water partition coefficient (Wildman–Crippen LogP) is -0.0492. The highest BCUT2D eigenvalue weighted by atomic mass is 16.2. The number of rotatable bonds is 5. The van der Waals surface area contributed by atoms with E-state index in [1.54, 1.807) is 16.8 Å². The molecule has 8 nitrogen and oxygen atoms in total. The van der Waals surface area contributed by atoms with Crippen LogP contribution in [0.1, 0.15) is 13.8 Å². The molecule has 2 rings (SSSR count). The van der Waals surface area contributed by atoms with Gasteiger partial charge in [0.1, 0.15) is 5.39 Å². The molecular formula is C12H18N6O2. The molecule has 0 atom stereocenters. The van der Waals surface area contributed by atoms with E-state index in [1.165, 1.54) is 6.20 Å². The number of fused-ring (bicyclic) bond motifs is 1. The summed E-state index contributed by atoms with van der Waals surface area (Å²) in [6.45, 7) is 5.33. The van der Waals surface area contributed by atoms with Crippen LogP contribution < -0.4 is 10.5 Å². The van der Waals surface area contributed by atoms with Crippen LogP contribution in [-0.2, 0) is 4.79 Å². The molecule has 1 amide bonds. The zero-order chi connectivity index (χ0) is 14.7. The molecule has 0 saturated carbocycles. The number of aromatic nitrogens is 4. The molecule has 108 valence electrons. The standard InChI is InChI=1S/C12H18N6O2/c1-4-18(5-2)9(19)7-17(3)12-14-10-8(6-13-16-10)11(20)15-12/h6H,4-5,7H2,1-3H3,(H2,13,14,15,16,20). The molecule has 2 N–H and O–H groups in total. The molecule has 8 heteroatoms. The molecular weight excluding hydrogens is 260 g/mol. The van der Waals surface area contributed by atoms with Gasteiger partial charge in [0.25, 0.3) is 5.56 Å². The smallest absolute Gasteiger partial charge is 0.263 e. The van der Waals surface area contributed by atoms with Crippen molar-refractivity contribution in [3.63, 3.8) is 0 Å². The number of aromatic amines is 2. The third-order valence-corrected chi connectivity index (χ3v) is 3.16. The van der Waals surface area contributed by atoms with Crippen LogP contribution in [-0.4, -0.2) is 57.7 Å². The van der Waals surface area contributed by atoms with Gasteiger partial charge >= 0.3 is 0 Å². The van der Waals surface area contributed by atoms with E-state index in [0.717, 1.165) is 0 Å². The van der Waals surface area contributed by atoms with Crippen LogP contribution in [0.2, 0.25) is 0 Å². The van der Waals surface area contributed by atoms with Crippen LogP contribution in [0, 0.1) is 0 Å². The van der Waals surface area contributed by atoms with Gasteiger partial charge in [-0.1, -0.05) is 0 Å². The van der Waals surface area contributed by atoms with E-state index in [0.29, 0.717) is 30.1 Å². The van der Waals surface area contributed by atoms with Gasteiger partial charge in [-0.25, -0.2) is 0 Å². The van der Waals surface area contributed by atoms with Crippen LogP contribution >= 0.6 is 0 Å². The number of hydrogen-bond acceptors (Lipinski definition) is 5. The molecule has 0 bridgehead atoms. The second-order valence-electron chi connectivity index (χ2n) is 4.44. The normalized spacial score (nSPS) is 10.8. The Morgan fingerprint density at radius 2 is 2.05 bits per heavy atom. The quantitative estimate of drug-likeness (QED) is 0.799. The first-order valence-electron chi connectivity index (χ1n) is 6.49. The Bertz CT molecular complexity index is 657. The summed E-state index contributed by atoms with van der Waals surface area (Å²) < 4.78 is 0. The van der Waals surface area contributed by atoms with Crippen molar-refractivity contribution in [1.29, 1.82) is 0 Å². The molecule has 0 aromatic carbocycles. The molecule has 0 aliphatic heterocycles. The molecule has 0 unspecified atom stereocenters. The molecule has 0 fully saturated rings. The first-order valence-corrected chi connectivity index (χ1v) is 6.49.